The van der Waals surface area contributed by atoms with Crippen molar-refractivity contribution in [2.24, 2.45) is 0 Å². The summed E-state index contributed by atoms with van der Waals surface area (Å²) < 4.78 is 37.1. The van der Waals surface area contributed by atoms with E-state index in [-0.39, 0.29) is 17.5 Å². The first-order chi connectivity index (χ1) is 13.2. The molecule has 0 bridgehead atoms. The second kappa shape index (κ2) is 8.75. The molecule has 2 aliphatic heterocycles. The molecule has 2 saturated heterocycles. The number of imide groups is 1. The van der Waals surface area contributed by atoms with Gasteiger partial charge in [0.2, 0.25) is 0 Å². The zero-order valence-electron chi connectivity index (χ0n) is 14.8. The van der Waals surface area contributed by atoms with Gasteiger partial charge in [-0.2, -0.15) is 13.2 Å². The predicted octanol–water partition coefficient (Wildman–Crippen LogP) is 4.17. The Balaban J connectivity index is 1.76. The number of para-hydroxylation sites is 1. The largest absolute Gasteiger partial charge is 0.390 e. The molecule has 2 heterocycles. The van der Waals surface area contributed by atoms with Gasteiger partial charge in [-0.1, -0.05) is 23.7 Å². The number of alkyl halides is 3. The Hall–Kier alpha value is -1.71. The minimum Gasteiger partial charge on any atom is -0.368 e. The van der Waals surface area contributed by atoms with Gasteiger partial charge in [0.1, 0.15) is 0 Å². The Labute approximate surface area is 169 Å². The molecule has 0 aromatic heterocycles. The Morgan fingerprint density at radius 1 is 1.36 bits per heavy atom. The number of anilines is 1. The molecule has 0 aliphatic carbocycles. The zero-order chi connectivity index (χ0) is 20.3. The van der Waals surface area contributed by atoms with Crippen LogP contribution in [0.25, 0.3) is 6.08 Å². The molecule has 0 spiro atoms. The van der Waals surface area contributed by atoms with E-state index in [1.165, 1.54) is 0 Å². The van der Waals surface area contributed by atoms with Gasteiger partial charge in [-0.25, -0.2) is 0 Å². The smallest absolute Gasteiger partial charge is 0.368 e. The van der Waals surface area contributed by atoms with Gasteiger partial charge in [0, 0.05) is 31.2 Å². The van der Waals surface area contributed by atoms with Crippen molar-refractivity contribution in [1.82, 2.24) is 10.6 Å². The summed E-state index contributed by atoms with van der Waals surface area (Å²) in [5, 5.41) is 5.24. The van der Waals surface area contributed by atoms with Crippen molar-refractivity contribution in [3.63, 3.8) is 0 Å². The maximum atomic E-state index is 12.4. The first kappa shape index (κ1) is 21.0. The molecule has 5 nitrogen and oxygen atoms in total. The van der Waals surface area contributed by atoms with E-state index in [1.54, 1.807) is 24.3 Å². The highest BCUT2D eigenvalue weighted by Crippen LogP contribution is 2.35. The van der Waals surface area contributed by atoms with Gasteiger partial charge >= 0.3 is 6.18 Å². The second-order valence-electron chi connectivity index (χ2n) is 6.63. The summed E-state index contributed by atoms with van der Waals surface area (Å²) >= 11 is 7.24. The van der Waals surface area contributed by atoms with E-state index >= 15 is 0 Å². The lowest BCUT2D eigenvalue weighted by molar-refractivity contribution is -0.133. The van der Waals surface area contributed by atoms with Crippen LogP contribution >= 0.6 is 23.4 Å². The highest BCUT2D eigenvalue weighted by Gasteiger charge is 2.29. The maximum absolute atomic E-state index is 12.4. The van der Waals surface area contributed by atoms with Crippen LogP contribution in [0.4, 0.5) is 23.7 Å². The number of hydrogen-bond donors (Lipinski definition) is 2. The minimum atomic E-state index is -4.18. The van der Waals surface area contributed by atoms with Crippen LogP contribution in [0.1, 0.15) is 24.8 Å². The number of piperidine rings is 1. The number of carbonyl (C=O) groups excluding carboxylic acids is 2. The van der Waals surface area contributed by atoms with Gasteiger partial charge in [-0.15, -0.1) is 0 Å². The lowest BCUT2D eigenvalue weighted by Gasteiger charge is -2.36. The molecule has 2 amide bonds. The van der Waals surface area contributed by atoms with Crippen molar-refractivity contribution in [2.45, 2.75) is 31.5 Å². The van der Waals surface area contributed by atoms with Gasteiger partial charge < -0.3 is 10.2 Å². The van der Waals surface area contributed by atoms with Crippen molar-refractivity contribution >= 4 is 46.3 Å². The standard InChI is InChI=1S/C18H19ClF3N3O2S/c19-13-5-1-3-11(9-14-16(26)24-17(27)28-14)15(13)25-8-2-4-12(10-25)23-7-6-18(20,21)22/h1,3,5,9,12,23H,2,4,6-8,10H2,(H,24,26,27)/b14-9-/t12-/m1/s1. The fourth-order valence-electron chi connectivity index (χ4n) is 3.31. The summed E-state index contributed by atoms with van der Waals surface area (Å²) in [6.45, 7) is 1.09. The topological polar surface area (TPSA) is 61.4 Å². The summed E-state index contributed by atoms with van der Waals surface area (Å²) in [4.78, 5) is 25.5. The fraction of sp³-hybridized carbons (Fsp3) is 0.444. The van der Waals surface area contributed by atoms with Crippen LogP contribution in [-0.4, -0.2) is 43.0 Å². The summed E-state index contributed by atoms with van der Waals surface area (Å²) in [6, 6.07) is 5.19. The van der Waals surface area contributed by atoms with Gasteiger partial charge in [0.15, 0.2) is 0 Å². The normalized spacial score (nSPS) is 22.1. The van der Waals surface area contributed by atoms with Crippen LogP contribution in [0.2, 0.25) is 5.02 Å². The average Bonchev–Trinajstić information content (AvgIpc) is 2.91. The van der Waals surface area contributed by atoms with Crippen molar-refractivity contribution in [2.75, 3.05) is 24.5 Å². The van der Waals surface area contributed by atoms with Crippen LogP contribution in [-0.2, 0) is 4.79 Å². The average molecular weight is 434 g/mol. The molecule has 28 heavy (non-hydrogen) atoms. The third kappa shape index (κ3) is 5.42. The second-order valence-corrected chi connectivity index (χ2v) is 8.06. The Morgan fingerprint density at radius 2 is 2.14 bits per heavy atom. The Kier molecular flexibility index (Phi) is 6.57. The number of hydrogen-bond acceptors (Lipinski definition) is 5. The van der Waals surface area contributed by atoms with Crippen LogP contribution in [0.15, 0.2) is 23.1 Å². The fourth-order valence-corrected chi connectivity index (χ4v) is 4.28. The first-order valence-corrected chi connectivity index (χ1v) is 10.0. The number of carbonyl (C=O) groups is 2. The van der Waals surface area contributed by atoms with Gasteiger partial charge in [-0.3, -0.25) is 14.9 Å². The maximum Gasteiger partial charge on any atom is 0.390 e. The zero-order valence-corrected chi connectivity index (χ0v) is 16.4. The van der Waals surface area contributed by atoms with E-state index in [9.17, 15) is 22.8 Å². The SMILES string of the molecule is O=C1NC(=O)/C(=C/c2cccc(Cl)c2N2CCC[C@@H](NCCC(F)(F)F)C2)S1. The number of benzene rings is 1. The summed E-state index contributed by atoms with van der Waals surface area (Å²) in [5.41, 5.74) is 1.41. The molecule has 2 N–H and O–H groups in total. The molecular formula is C18H19ClF3N3O2S. The molecule has 0 radical (unpaired) electrons. The van der Waals surface area contributed by atoms with E-state index in [2.05, 4.69) is 10.6 Å². The first-order valence-electron chi connectivity index (χ1n) is 8.81. The number of nitrogens with one attached hydrogen (secondary N) is 2. The van der Waals surface area contributed by atoms with E-state index in [1.807, 2.05) is 4.90 Å². The molecule has 2 aliphatic rings. The van der Waals surface area contributed by atoms with Crippen LogP contribution in [0, 0.1) is 0 Å². The number of amides is 2. The van der Waals surface area contributed by atoms with E-state index in [4.69, 9.17) is 11.6 Å². The molecule has 3 rings (SSSR count). The molecular weight excluding hydrogens is 415 g/mol. The molecule has 10 heteroatoms. The molecule has 2 fully saturated rings. The number of rotatable bonds is 5. The van der Waals surface area contributed by atoms with Crippen LogP contribution in [0.3, 0.4) is 0 Å². The monoisotopic (exact) mass is 433 g/mol. The van der Waals surface area contributed by atoms with Crippen molar-refractivity contribution < 1.29 is 22.8 Å². The minimum absolute atomic E-state index is 0.0846. The lowest BCUT2D eigenvalue weighted by Crippen LogP contribution is -2.46. The molecule has 152 valence electrons. The van der Waals surface area contributed by atoms with E-state index in [0.717, 1.165) is 24.6 Å². The lowest BCUT2D eigenvalue weighted by atomic mass is 10.0. The molecule has 1 atom stereocenters. The third-order valence-corrected chi connectivity index (χ3v) is 5.64. The highest BCUT2D eigenvalue weighted by atomic mass is 35.5. The van der Waals surface area contributed by atoms with Crippen molar-refractivity contribution in [3.8, 4) is 0 Å². The predicted molar refractivity (Wildman–Crippen MR) is 104 cm³/mol. The van der Waals surface area contributed by atoms with E-state index in [0.29, 0.717) is 29.4 Å². The van der Waals surface area contributed by atoms with Crippen LogP contribution < -0.4 is 15.5 Å². The number of nitrogens with zero attached hydrogens (tertiary/aromatic N) is 1. The van der Waals surface area contributed by atoms with Crippen LogP contribution in [0.5, 0.6) is 0 Å². The third-order valence-electron chi connectivity index (χ3n) is 4.53. The van der Waals surface area contributed by atoms with Gasteiger partial charge in [0.25, 0.3) is 11.1 Å². The van der Waals surface area contributed by atoms with Gasteiger partial charge in [0.05, 0.1) is 22.0 Å². The molecule has 1 aromatic carbocycles. The van der Waals surface area contributed by atoms with Gasteiger partial charge in [-0.05, 0) is 36.7 Å². The molecule has 0 saturated carbocycles. The number of thioether (sulfide) groups is 1. The molecule has 0 unspecified atom stereocenters. The van der Waals surface area contributed by atoms with Crippen molar-refractivity contribution in [3.05, 3.63) is 33.7 Å². The quantitative estimate of drug-likeness (QED) is 0.682. The molecule has 1 aromatic rings. The Bertz CT molecular complexity index is 801. The number of halogens is 4. The summed E-state index contributed by atoms with van der Waals surface area (Å²) in [5.74, 6) is -0.453. The Morgan fingerprint density at radius 3 is 2.82 bits per heavy atom. The summed E-state index contributed by atoms with van der Waals surface area (Å²) in [7, 11) is 0. The van der Waals surface area contributed by atoms with E-state index < -0.39 is 23.7 Å². The summed E-state index contributed by atoms with van der Waals surface area (Å²) in [6.07, 6.45) is -1.85. The highest BCUT2D eigenvalue weighted by molar-refractivity contribution is 8.18. The van der Waals surface area contributed by atoms with Crippen molar-refractivity contribution in [1.29, 1.82) is 0 Å².